The molecule has 0 unspecified atom stereocenters. The van der Waals surface area contributed by atoms with Crippen LogP contribution in [0, 0.1) is 0 Å². The molecule has 23 heavy (non-hydrogen) atoms. The van der Waals surface area contributed by atoms with Gasteiger partial charge in [-0.3, -0.25) is 5.32 Å². The molecule has 2 aromatic carbocycles. The van der Waals surface area contributed by atoms with Crippen LogP contribution < -0.4 is 10.1 Å². The fourth-order valence-corrected chi connectivity index (χ4v) is 2.43. The number of benzene rings is 2. The van der Waals surface area contributed by atoms with Gasteiger partial charge in [0.15, 0.2) is 0 Å². The first-order valence-electron chi connectivity index (χ1n) is 7.84. The Morgan fingerprint density at radius 3 is 2.35 bits per heavy atom. The number of carbonyl (C=O) groups is 1. The Morgan fingerprint density at radius 1 is 1.04 bits per heavy atom. The molecule has 2 rings (SSSR count). The molecule has 0 aliphatic heterocycles. The second-order valence-electron chi connectivity index (χ2n) is 5.22. The number of ether oxygens (including phenoxy) is 2. The van der Waals surface area contributed by atoms with E-state index in [2.05, 4.69) is 30.4 Å². The highest BCUT2D eigenvalue weighted by Crippen LogP contribution is 2.21. The third-order valence-corrected chi connectivity index (χ3v) is 3.63. The van der Waals surface area contributed by atoms with Crippen LogP contribution in [-0.4, -0.2) is 19.8 Å². The number of rotatable bonds is 6. The van der Waals surface area contributed by atoms with Crippen molar-refractivity contribution < 1.29 is 14.3 Å². The van der Waals surface area contributed by atoms with Crippen molar-refractivity contribution in [2.24, 2.45) is 0 Å². The van der Waals surface area contributed by atoms with E-state index >= 15 is 0 Å². The van der Waals surface area contributed by atoms with E-state index < -0.39 is 6.09 Å². The number of methoxy groups -OCH3 is 1. The lowest BCUT2D eigenvalue weighted by atomic mass is 10.0. The summed E-state index contributed by atoms with van der Waals surface area (Å²) in [5, 5.41) is 2.79. The van der Waals surface area contributed by atoms with E-state index in [9.17, 15) is 4.79 Å². The molecule has 4 nitrogen and oxygen atoms in total. The minimum Gasteiger partial charge on any atom is -0.497 e. The minimum atomic E-state index is -0.412. The lowest BCUT2D eigenvalue weighted by Gasteiger charge is -2.12. The third kappa shape index (κ3) is 4.74. The van der Waals surface area contributed by atoms with Crippen LogP contribution in [0.2, 0.25) is 0 Å². The number of hydrogen-bond donors (Lipinski definition) is 1. The topological polar surface area (TPSA) is 47.6 Å². The van der Waals surface area contributed by atoms with Gasteiger partial charge in [-0.25, -0.2) is 4.79 Å². The molecule has 1 amide bonds. The van der Waals surface area contributed by atoms with Crippen molar-refractivity contribution in [3.63, 3.8) is 0 Å². The molecule has 0 radical (unpaired) electrons. The number of hydrogen-bond acceptors (Lipinski definition) is 3. The average molecular weight is 313 g/mol. The van der Waals surface area contributed by atoms with Crippen LogP contribution in [0.1, 0.15) is 30.5 Å². The zero-order valence-corrected chi connectivity index (χ0v) is 13.9. The van der Waals surface area contributed by atoms with Crippen molar-refractivity contribution in [1.82, 2.24) is 0 Å². The first kappa shape index (κ1) is 16.9. The van der Waals surface area contributed by atoms with Gasteiger partial charge in [-0.2, -0.15) is 0 Å². The van der Waals surface area contributed by atoms with E-state index in [1.54, 1.807) is 14.0 Å². The number of carbonyl (C=O) groups excluding carboxylic acids is 1. The molecule has 0 saturated heterocycles. The lowest BCUT2D eigenvalue weighted by Crippen LogP contribution is -2.14. The summed E-state index contributed by atoms with van der Waals surface area (Å²) in [5.74, 6) is 0.858. The second kappa shape index (κ2) is 8.22. The monoisotopic (exact) mass is 313 g/mol. The first-order chi connectivity index (χ1) is 11.2. The van der Waals surface area contributed by atoms with Gasteiger partial charge in [0.1, 0.15) is 5.75 Å². The molecule has 2 aromatic rings. The van der Waals surface area contributed by atoms with Crippen LogP contribution in [-0.2, 0) is 17.6 Å². The largest absolute Gasteiger partial charge is 0.497 e. The summed E-state index contributed by atoms with van der Waals surface area (Å²) in [4.78, 5) is 11.6. The lowest BCUT2D eigenvalue weighted by molar-refractivity contribution is 0.168. The van der Waals surface area contributed by atoms with Gasteiger partial charge in [0, 0.05) is 5.69 Å². The summed E-state index contributed by atoms with van der Waals surface area (Å²) < 4.78 is 10.1. The fourth-order valence-electron chi connectivity index (χ4n) is 2.43. The Hall–Kier alpha value is -2.49. The van der Waals surface area contributed by atoms with Gasteiger partial charge in [-0.1, -0.05) is 31.2 Å². The van der Waals surface area contributed by atoms with Crippen molar-refractivity contribution in [2.75, 3.05) is 19.0 Å². The van der Waals surface area contributed by atoms with E-state index in [1.165, 1.54) is 11.1 Å². The predicted molar refractivity (Wildman–Crippen MR) is 92.3 cm³/mol. The van der Waals surface area contributed by atoms with Crippen molar-refractivity contribution in [3.05, 3.63) is 59.2 Å². The highest BCUT2D eigenvalue weighted by Gasteiger charge is 2.08. The van der Waals surface area contributed by atoms with Gasteiger partial charge in [0.25, 0.3) is 0 Å². The maximum absolute atomic E-state index is 11.6. The molecular formula is C19H23NO3. The second-order valence-corrected chi connectivity index (χ2v) is 5.22. The van der Waals surface area contributed by atoms with Gasteiger partial charge in [0.05, 0.1) is 13.7 Å². The highest BCUT2D eigenvalue weighted by molar-refractivity contribution is 5.85. The number of aryl methyl sites for hydroxylation is 1. The fraction of sp³-hybridized carbons (Fsp3) is 0.316. The first-order valence-corrected chi connectivity index (χ1v) is 7.84. The molecule has 0 atom stereocenters. The molecule has 0 heterocycles. The molecule has 0 fully saturated rings. The smallest absolute Gasteiger partial charge is 0.411 e. The standard InChI is InChI=1S/C19H23NO3/c1-4-16-13-15(8-11-18(16)20-19(21)23-5-2)12-14-6-9-17(22-3)10-7-14/h6-11,13H,4-5,12H2,1-3H3,(H,20,21). The number of amides is 1. The van der Waals surface area contributed by atoms with Crippen LogP contribution in [0.5, 0.6) is 5.75 Å². The highest BCUT2D eigenvalue weighted by atomic mass is 16.5. The van der Waals surface area contributed by atoms with E-state index in [0.717, 1.165) is 29.8 Å². The molecule has 0 spiro atoms. The molecule has 0 aliphatic carbocycles. The molecule has 0 aromatic heterocycles. The molecule has 1 N–H and O–H groups in total. The molecule has 4 heteroatoms. The van der Waals surface area contributed by atoms with Crippen LogP contribution in [0.25, 0.3) is 0 Å². The van der Waals surface area contributed by atoms with E-state index in [-0.39, 0.29) is 0 Å². The Bertz CT molecular complexity index is 650. The molecule has 0 saturated carbocycles. The molecule has 0 aliphatic rings. The third-order valence-electron chi connectivity index (χ3n) is 3.63. The van der Waals surface area contributed by atoms with Gasteiger partial charge in [-0.15, -0.1) is 0 Å². The number of nitrogens with one attached hydrogen (secondary N) is 1. The van der Waals surface area contributed by atoms with Crippen molar-refractivity contribution in [1.29, 1.82) is 0 Å². The molecule has 122 valence electrons. The Balaban J connectivity index is 2.12. The Morgan fingerprint density at radius 2 is 1.74 bits per heavy atom. The van der Waals surface area contributed by atoms with Gasteiger partial charge in [-0.05, 0) is 54.7 Å². The summed E-state index contributed by atoms with van der Waals surface area (Å²) in [6, 6.07) is 14.2. The SMILES string of the molecule is CCOC(=O)Nc1ccc(Cc2ccc(OC)cc2)cc1CC. The van der Waals surface area contributed by atoms with Crippen LogP contribution >= 0.6 is 0 Å². The van der Waals surface area contributed by atoms with Gasteiger partial charge >= 0.3 is 6.09 Å². The Labute approximate surface area is 137 Å². The average Bonchev–Trinajstić information content (AvgIpc) is 2.57. The zero-order valence-electron chi connectivity index (χ0n) is 13.9. The molecular weight excluding hydrogens is 290 g/mol. The quantitative estimate of drug-likeness (QED) is 0.859. The van der Waals surface area contributed by atoms with Crippen LogP contribution in [0.15, 0.2) is 42.5 Å². The predicted octanol–water partition coefficient (Wildman–Crippen LogP) is 4.42. The summed E-state index contributed by atoms with van der Waals surface area (Å²) in [6.45, 7) is 4.23. The van der Waals surface area contributed by atoms with E-state index in [4.69, 9.17) is 9.47 Å². The minimum absolute atomic E-state index is 0.364. The maximum Gasteiger partial charge on any atom is 0.411 e. The molecule has 0 bridgehead atoms. The summed E-state index contributed by atoms with van der Waals surface area (Å²) in [7, 11) is 1.66. The zero-order chi connectivity index (χ0) is 16.7. The normalized spacial score (nSPS) is 10.2. The van der Waals surface area contributed by atoms with E-state index in [0.29, 0.717) is 6.61 Å². The van der Waals surface area contributed by atoms with Crippen molar-refractivity contribution >= 4 is 11.8 Å². The Kier molecular flexibility index (Phi) is 6.03. The summed E-state index contributed by atoms with van der Waals surface area (Å²) in [6.07, 6.45) is 1.28. The van der Waals surface area contributed by atoms with Crippen LogP contribution in [0.3, 0.4) is 0 Å². The summed E-state index contributed by atoms with van der Waals surface area (Å²) >= 11 is 0. The summed E-state index contributed by atoms with van der Waals surface area (Å²) in [5.41, 5.74) is 4.34. The van der Waals surface area contributed by atoms with E-state index in [1.807, 2.05) is 24.3 Å². The van der Waals surface area contributed by atoms with Crippen molar-refractivity contribution in [2.45, 2.75) is 26.7 Å². The van der Waals surface area contributed by atoms with Gasteiger partial charge < -0.3 is 9.47 Å². The van der Waals surface area contributed by atoms with Gasteiger partial charge in [0.2, 0.25) is 0 Å². The van der Waals surface area contributed by atoms with Crippen LogP contribution in [0.4, 0.5) is 10.5 Å². The maximum atomic E-state index is 11.6. The van der Waals surface area contributed by atoms with Crippen molar-refractivity contribution in [3.8, 4) is 5.75 Å². The number of anilines is 1.